The van der Waals surface area contributed by atoms with Crippen LogP contribution in [0.25, 0.3) is 0 Å². The van der Waals surface area contributed by atoms with Crippen LogP contribution < -0.4 is 5.73 Å². The molecule has 2 N–H and O–H groups in total. The van der Waals surface area contributed by atoms with Crippen LogP contribution in [0.5, 0.6) is 0 Å². The Labute approximate surface area is 81.6 Å². The highest BCUT2D eigenvalue weighted by atomic mass is 32.2. The third-order valence-corrected chi connectivity index (χ3v) is 3.92. The van der Waals surface area contributed by atoms with Crippen LogP contribution in [0.3, 0.4) is 0 Å². The summed E-state index contributed by atoms with van der Waals surface area (Å²) in [6.07, 6.45) is 3.60. The predicted octanol–water partition coefficient (Wildman–Crippen LogP) is 1.33. The number of sulfone groups is 1. The van der Waals surface area contributed by atoms with E-state index in [-0.39, 0.29) is 11.8 Å². The average molecular weight is 207 g/mol. The molecular formula is C9H21NO2S. The van der Waals surface area contributed by atoms with Crippen molar-refractivity contribution in [3.05, 3.63) is 0 Å². The fourth-order valence-electron chi connectivity index (χ4n) is 1.22. The van der Waals surface area contributed by atoms with E-state index in [1.165, 1.54) is 0 Å². The van der Waals surface area contributed by atoms with Crippen molar-refractivity contribution in [2.24, 2.45) is 5.73 Å². The summed E-state index contributed by atoms with van der Waals surface area (Å²) in [5.74, 6) is 0.539. The second-order valence-electron chi connectivity index (χ2n) is 3.43. The number of nitrogens with two attached hydrogens (primary N) is 1. The van der Waals surface area contributed by atoms with E-state index in [1.807, 2.05) is 0 Å². The zero-order valence-electron chi connectivity index (χ0n) is 8.62. The van der Waals surface area contributed by atoms with Crippen molar-refractivity contribution in [1.82, 2.24) is 0 Å². The van der Waals surface area contributed by atoms with E-state index in [0.29, 0.717) is 12.2 Å². The molecule has 0 aromatic carbocycles. The SMILES string of the molecule is CCCC(N)CCCS(=O)(=O)CC. The lowest BCUT2D eigenvalue weighted by Gasteiger charge is -2.09. The van der Waals surface area contributed by atoms with Crippen LogP contribution in [0, 0.1) is 0 Å². The molecule has 0 fully saturated rings. The molecule has 0 bridgehead atoms. The first-order chi connectivity index (χ1) is 6.02. The third kappa shape index (κ3) is 7.02. The summed E-state index contributed by atoms with van der Waals surface area (Å²) in [6, 6.07) is 0.178. The van der Waals surface area contributed by atoms with Crippen molar-refractivity contribution in [2.45, 2.75) is 45.6 Å². The zero-order valence-corrected chi connectivity index (χ0v) is 9.44. The largest absolute Gasteiger partial charge is 0.328 e. The van der Waals surface area contributed by atoms with Gasteiger partial charge in [-0.1, -0.05) is 20.3 Å². The van der Waals surface area contributed by atoms with Crippen LogP contribution in [0.15, 0.2) is 0 Å². The first-order valence-electron chi connectivity index (χ1n) is 4.97. The van der Waals surface area contributed by atoms with E-state index in [9.17, 15) is 8.42 Å². The molecule has 0 amide bonds. The van der Waals surface area contributed by atoms with Gasteiger partial charge in [-0.25, -0.2) is 8.42 Å². The van der Waals surface area contributed by atoms with Gasteiger partial charge in [-0.05, 0) is 19.3 Å². The van der Waals surface area contributed by atoms with Gasteiger partial charge >= 0.3 is 0 Å². The third-order valence-electron chi connectivity index (χ3n) is 2.13. The molecule has 13 heavy (non-hydrogen) atoms. The molecule has 0 saturated heterocycles. The Kier molecular flexibility index (Phi) is 6.33. The Morgan fingerprint density at radius 3 is 2.31 bits per heavy atom. The molecule has 1 atom stereocenters. The second-order valence-corrected chi connectivity index (χ2v) is 5.90. The quantitative estimate of drug-likeness (QED) is 0.685. The Morgan fingerprint density at radius 1 is 1.23 bits per heavy atom. The summed E-state index contributed by atoms with van der Waals surface area (Å²) in [7, 11) is -2.79. The maximum absolute atomic E-state index is 11.1. The Bertz CT molecular complexity index is 212. The first-order valence-corrected chi connectivity index (χ1v) is 6.80. The monoisotopic (exact) mass is 207 g/mol. The van der Waals surface area contributed by atoms with Gasteiger partial charge in [0.1, 0.15) is 9.84 Å². The van der Waals surface area contributed by atoms with Crippen LogP contribution in [0.4, 0.5) is 0 Å². The summed E-state index contributed by atoms with van der Waals surface area (Å²) in [4.78, 5) is 0. The van der Waals surface area contributed by atoms with Crippen LogP contribution in [-0.4, -0.2) is 26.0 Å². The highest BCUT2D eigenvalue weighted by Gasteiger charge is 2.08. The van der Waals surface area contributed by atoms with Gasteiger partial charge < -0.3 is 5.73 Å². The molecule has 3 nitrogen and oxygen atoms in total. The molecule has 0 heterocycles. The topological polar surface area (TPSA) is 60.2 Å². The number of hydrogen-bond acceptors (Lipinski definition) is 3. The number of rotatable bonds is 7. The molecule has 0 rings (SSSR count). The van der Waals surface area contributed by atoms with Gasteiger partial charge in [0, 0.05) is 11.8 Å². The Morgan fingerprint density at radius 2 is 1.85 bits per heavy atom. The average Bonchev–Trinajstić information content (AvgIpc) is 2.05. The van der Waals surface area contributed by atoms with Crippen molar-refractivity contribution in [2.75, 3.05) is 11.5 Å². The maximum Gasteiger partial charge on any atom is 0.150 e. The minimum atomic E-state index is -2.79. The fourth-order valence-corrected chi connectivity index (χ4v) is 2.12. The Balaban J connectivity index is 3.56. The van der Waals surface area contributed by atoms with E-state index < -0.39 is 9.84 Å². The van der Waals surface area contributed by atoms with Crippen molar-refractivity contribution in [3.8, 4) is 0 Å². The van der Waals surface area contributed by atoms with Crippen LogP contribution in [0.2, 0.25) is 0 Å². The molecule has 0 aliphatic rings. The molecular weight excluding hydrogens is 186 g/mol. The molecule has 0 aliphatic heterocycles. The van der Waals surface area contributed by atoms with Crippen molar-refractivity contribution >= 4 is 9.84 Å². The van der Waals surface area contributed by atoms with Gasteiger partial charge in [0.2, 0.25) is 0 Å². The van der Waals surface area contributed by atoms with Gasteiger partial charge in [0.15, 0.2) is 0 Å². The molecule has 0 aromatic rings. The van der Waals surface area contributed by atoms with Crippen molar-refractivity contribution in [3.63, 3.8) is 0 Å². The van der Waals surface area contributed by atoms with Gasteiger partial charge in [-0.2, -0.15) is 0 Å². The highest BCUT2D eigenvalue weighted by molar-refractivity contribution is 7.91. The Hall–Kier alpha value is -0.0900. The summed E-state index contributed by atoms with van der Waals surface area (Å²) in [5, 5.41) is 0. The maximum atomic E-state index is 11.1. The standard InChI is InChI=1S/C9H21NO2S/c1-3-6-9(10)7-5-8-13(11,12)4-2/h9H,3-8,10H2,1-2H3. The van der Waals surface area contributed by atoms with Crippen LogP contribution in [-0.2, 0) is 9.84 Å². The lowest BCUT2D eigenvalue weighted by atomic mass is 10.1. The summed E-state index contributed by atoms with van der Waals surface area (Å²) in [6.45, 7) is 3.77. The minimum absolute atomic E-state index is 0.178. The summed E-state index contributed by atoms with van der Waals surface area (Å²) < 4.78 is 22.2. The normalized spacial score (nSPS) is 14.4. The van der Waals surface area contributed by atoms with E-state index in [1.54, 1.807) is 6.92 Å². The van der Waals surface area contributed by atoms with E-state index in [0.717, 1.165) is 19.3 Å². The van der Waals surface area contributed by atoms with Gasteiger partial charge in [0.25, 0.3) is 0 Å². The minimum Gasteiger partial charge on any atom is -0.328 e. The molecule has 1 unspecified atom stereocenters. The highest BCUT2D eigenvalue weighted by Crippen LogP contribution is 2.04. The predicted molar refractivity (Wildman–Crippen MR) is 56.4 cm³/mol. The van der Waals surface area contributed by atoms with Crippen LogP contribution >= 0.6 is 0 Å². The smallest absolute Gasteiger partial charge is 0.150 e. The fraction of sp³-hybridized carbons (Fsp3) is 1.00. The summed E-state index contributed by atoms with van der Waals surface area (Å²) in [5.41, 5.74) is 5.76. The number of hydrogen-bond donors (Lipinski definition) is 1. The molecule has 4 heteroatoms. The van der Waals surface area contributed by atoms with Gasteiger partial charge in [0.05, 0.1) is 5.75 Å². The second kappa shape index (κ2) is 6.38. The first kappa shape index (κ1) is 12.9. The van der Waals surface area contributed by atoms with Gasteiger partial charge in [-0.15, -0.1) is 0 Å². The molecule has 0 saturated carbocycles. The van der Waals surface area contributed by atoms with E-state index in [2.05, 4.69) is 6.92 Å². The van der Waals surface area contributed by atoms with E-state index in [4.69, 9.17) is 5.73 Å². The lowest BCUT2D eigenvalue weighted by molar-refractivity contribution is 0.546. The zero-order chi connectivity index (χ0) is 10.3. The molecule has 80 valence electrons. The molecule has 0 spiro atoms. The summed E-state index contributed by atoms with van der Waals surface area (Å²) >= 11 is 0. The molecule has 0 aromatic heterocycles. The van der Waals surface area contributed by atoms with Crippen LogP contribution in [0.1, 0.15) is 39.5 Å². The molecule has 0 aliphatic carbocycles. The lowest BCUT2D eigenvalue weighted by Crippen LogP contribution is -2.21. The van der Waals surface area contributed by atoms with E-state index >= 15 is 0 Å². The molecule has 0 radical (unpaired) electrons. The van der Waals surface area contributed by atoms with Crippen molar-refractivity contribution < 1.29 is 8.42 Å². The van der Waals surface area contributed by atoms with Gasteiger partial charge in [-0.3, -0.25) is 0 Å². The van der Waals surface area contributed by atoms with Crippen molar-refractivity contribution in [1.29, 1.82) is 0 Å².